The zero-order valence-corrected chi connectivity index (χ0v) is 21.9. The van der Waals surface area contributed by atoms with E-state index in [9.17, 15) is 9.59 Å². The smallest absolute Gasteiger partial charge is 0.223 e. The van der Waals surface area contributed by atoms with Gasteiger partial charge in [0.2, 0.25) is 11.8 Å². The van der Waals surface area contributed by atoms with Crippen molar-refractivity contribution in [3.63, 3.8) is 0 Å². The molecule has 3 aliphatic heterocycles. The SMILES string of the molecule is CCc1cc2c(s1)CCO[C@@]21CCN(C[C@H]2C[C@@H](NC(=O)C3CCN(C(C)=O)CC3)C2)[C@@H](C)C1. The number of nitrogens with zero attached hydrogens (tertiary/aromatic N) is 2. The first-order valence-electron chi connectivity index (χ1n) is 13.4. The minimum atomic E-state index is -0.0679. The molecule has 1 spiro atoms. The zero-order valence-electron chi connectivity index (χ0n) is 21.1. The number of hydrogen-bond acceptors (Lipinski definition) is 5. The van der Waals surface area contributed by atoms with Crippen LogP contribution in [0.15, 0.2) is 6.07 Å². The standard InChI is InChI=1S/C27H41N3O3S/c1-4-23-15-24-25(34-23)7-12-33-27(24)8-11-30(18(2)16-27)17-20-13-22(14-20)28-26(32)21-5-9-29(10-6-21)19(3)31/h15,18,20-22H,4-14,16-17H2,1-3H3,(H,28,32)/t18-,20-,22+,27+/m0/s1. The predicted octanol–water partition coefficient (Wildman–Crippen LogP) is 3.72. The van der Waals surface area contributed by atoms with Gasteiger partial charge < -0.3 is 19.9 Å². The summed E-state index contributed by atoms with van der Waals surface area (Å²) in [5.41, 5.74) is 1.43. The van der Waals surface area contributed by atoms with Gasteiger partial charge in [-0.05, 0) is 69.4 Å². The van der Waals surface area contributed by atoms with Crippen LogP contribution in [0.25, 0.3) is 0 Å². The summed E-state index contributed by atoms with van der Waals surface area (Å²) in [7, 11) is 0. The molecule has 4 aliphatic rings. The summed E-state index contributed by atoms with van der Waals surface area (Å²) in [6.45, 7) is 10.8. The van der Waals surface area contributed by atoms with E-state index in [4.69, 9.17) is 4.74 Å². The molecule has 7 heteroatoms. The molecule has 4 heterocycles. The monoisotopic (exact) mass is 487 g/mol. The predicted molar refractivity (Wildman–Crippen MR) is 135 cm³/mol. The van der Waals surface area contributed by atoms with Crippen LogP contribution in [-0.2, 0) is 32.8 Å². The number of hydrogen-bond donors (Lipinski definition) is 1. The molecule has 1 aliphatic carbocycles. The summed E-state index contributed by atoms with van der Waals surface area (Å²) in [5, 5.41) is 3.29. The number of thiophene rings is 1. The van der Waals surface area contributed by atoms with Gasteiger partial charge >= 0.3 is 0 Å². The Morgan fingerprint density at radius 1 is 1.24 bits per heavy atom. The van der Waals surface area contributed by atoms with Crippen molar-refractivity contribution in [2.75, 3.05) is 32.8 Å². The topological polar surface area (TPSA) is 61.9 Å². The fourth-order valence-corrected chi connectivity index (χ4v) is 7.83. The molecule has 0 bridgehead atoms. The molecule has 2 atom stereocenters. The number of likely N-dealkylation sites (tertiary alicyclic amines) is 2. The van der Waals surface area contributed by atoms with Crippen LogP contribution < -0.4 is 5.32 Å². The Labute approximate surface area is 208 Å². The minimum Gasteiger partial charge on any atom is -0.370 e. The third-order valence-corrected chi connectivity index (χ3v) is 10.2. The first-order valence-corrected chi connectivity index (χ1v) is 14.2. The first kappa shape index (κ1) is 24.3. The van der Waals surface area contributed by atoms with Gasteiger partial charge in [-0.15, -0.1) is 11.3 Å². The molecule has 2 saturated heterocycles. The number of aryl methyl sites for hydroxylation is 1. The van der Waals surface area contributed by atoms with Gasteiger partial charge in [-0.3, -0.25) is 9.59 Å². The maximum atomic E-state index is 12.7. The van der Waals surface area contributed by atoms with Gasteiger partial charge in [-0.25, -0.2) is 0 Å². The quantitative estimate of drug-likeness (QED) is 0.688. The normalized spacial score (nSPS) is 32.3. The summed E-state index contributed by atoms with van der Waals surface area (Å²) in [5.74, 6) is 1.07. The lowest BCUT2D eigenvalue weighted by atomic mass is 9.76. The van der Waals surface area contributed by atoms with Gasteiger partial charge in [-0.1, -0.05) is 6.92 Å². The highest BCUT2D eigenvalue weighted by molar-refractivity contribution is 7.12. The van der Waals surface area contributed by atoms with Gasteiger partial charge in [0.1, 0.15) is 0 Å². The second-order valence-electron chi connectivity index (χ2n) is 11.1. The van der Waals surface area contributed by atoms with Crippen molar-refractivity contribution in [1.29, 1.82) is 0 Å². The summed E-state index contributed by atoms with van der Waals surface area (Å²) >= 11 is 2.00. The summed E-state index contributed by atoms with van der Waals surface area (Å²) in [4.78, 5) is 31.8. The van der Waals surface area contributed by atoms with Crippen LogP contribution >= 0.6 is 11.3 Å². The molecule has 1 aromatic heterocycles. The second-order valence-corrected chi connectivity index (χ2v) is 12.3. The largest absolute Gasteiger partial charge is 0.370 e. The van der Waals surface area contributed by atoms with Crippen LogP contribution in [0, 0.1) is 11.8 Å². The molecule has 1 saturated carbocycles. The van der Waals surface area contributed by atoms with Gasteiger partial charge in [0.15, 0.2) is 0 Å². The zero-order chi connectivity index (χ0) is 23.9. The summed E-state index contributed by atoms with van der Waals surface area (Å²) < 4.78 is 6.50. The van der Waals surface area contributed by atoms with Gasteiger partial charge in [0.25, 0.3) is 0 Å². The number of piperidine rings is 2. The highest BCUT2D eigenvalue weighted by atomic mass is 32.1. The van der Waals surface area contributed by atoms with Crippen molar-refractivity contribution in [3.05, 3.63) is 21.4 Å². The van der Waals surface area contributed by atoms with Crippen molar-refractivity contribution in [2.45, 2.75) is 89.8 Å². The molecule has 0 aromatic carbocycles. The minimum absolute atomic E-state index is 0.0679. The molecule has 2 amide bonds. The van der Waals surface area contributed by atoms with E-state index in [1.54, 1.807) is 11.8 Å². The van der Waals surface area contributed by atoms with Crippen molar-refractivity contribution in [1.82, 2.24) is 15.1 Å². The van der Waals surface area contributed by atoms with Crippen LogP contribution in [0.5, 0.6) is 0 Å². The van der Waals surface area contributed by atoms with E-state index in [0.29, 0.717) is 31.1 Å². The van der Waals surface area contributed by atoms with Crippen molar-refractivity contribution in [3.8, 4) is 0 Å². The number of rotatable bonds is 5. The lowest BCUT2D eigenvalue weighted by molar-refractivity contribution is -0.134. The second kappa shape index (κ2) is 9.90. The number of nitrogens with one attached hydrogen (secondary N) is 1. The Bertz CT molecular complexity index is 903. The van der Waals surface area contributed by atoms with E-state index in [1.807, 2.05) is 16.2 Å². The molecular weight excluding hydrogens is 446 g/mol. The van der Waals surface area contributed by atoms with Crippen molar-refractivity contribution >= 4 is 23.2 Å². The highest BCUT2D eigenvalue weighted by Gasteiger charge is 2.45. The molecular formula is C27H41N3O3S. The fourth-order valence-electron chi connectivity index (χ4n) is 6.66. The molecule has 0 radical (unpaired) electrons. The summed E-state index contributed by atoms with van der Waals surface area (Å²) in [6.07, 6.45) is 8.15. The van der Waals surface area contributed by atoms with E-state index >= 15 is 0 Å². The molecule has 188 valence electrons. The molecule has 0 unspecified atom stereocenters. The Balaban J connectivity index is 1.07. The van der Waals surface area contributed by atoms with E-state index < -0.39 is 0 Å². The molecule has 5 rings (SSSR count). The Morgan fingerprint density at radius 2 is 2.00 bits per heavy atom. The average molecular weight is 488 g/mol. The molecule has 34 heavy (non-hydrogen) atoms. The van der Waals surface area contributed by atoms with E-state index in [2.05, 4.69) is 30.1 Å². The van der Waals surface area contributed by atoms with Gasteiger partial charge in [0.05, 0.1) is 12.2 Å². The molecule has 1 aromatic rings. The molecule has 6 nitrogen and oxygen atoms in total. The lowest BCUT2D eigenvalue weighted by Crippen LogP contribution is -2.54. The summed E-state index contributed by atoms with van der Waals surface area (Å²) in [6, 6.07) is 3.28. The Hall–Kier alpha value is -1.44. The first-order chi connectivity index (χ1) is 16.4. The van der Waals surface area contributed by atoms with Crippen LogP contribution in [-0.4, -0.2) is 66.5 Å². The number of fused-ring (bicyclic) bond motifs is 2. The number of carbonyl (C=O) groups excluding carboxylic acids is 2. The Morgan fingerprint density at radius 3 is 2.68 bits per heavy atom. The van der Waals surface area contributed by atoms with Gasteiger partial charge in [-0.2, -0.15) is 0 Å². The Kier molecular flexibility index (Phi) is 7.07. The third kappa shape index (κ3) is 4.80. The van der Waals surface area contributed by atoms with Crippen LogP contribution in [0.4, 0.5) is 0 Å². The number of ether oxygens (including phenoxy) is 1. The highest BCUT2D eigenvalue weighted by Crippen LogP contribution is 2.46. The lowest BCUT2D eigenvalue weighted by Gasteiger charge is -2.49. The fraction of sp³-hybridized carbons (Fsp3) is 0.778. The van der Waals surface area contributed by atoms with Crippen LogP contribution in [0.2, 0.25) is 0 Å². The number of carbonyl (C=O) groups is 2. The average Bonchev–Trinajstić information content (AvgIpc) is 3.24. The maximum Gasteiger partial charge on any atom is 0.223 e. The van der Waals surface area contributed by atoms with E-state index in [1.165, 1.54) is 10.4 Å². The van der Waals surface area contributed by atoms with Crippen LogP contribution in [0.1, 0.15) is 74.6 Å². The maximum absolute atomic E-state index is 12.7. The third-order valence-electron chi connectivity index (χ3n) is 8.84. The molecule has 1 N–H and O–H groups in total. The van der Waals surface area contributed by atoms with Crippen LogP contribution in [0.3, 0.4) is 0 Å². The number of amides is 2. The molecule has 3 fully saturated rings. The van der Waals surface area contributed by atoms with Gasteiger partial charge in [0, 0.05) is 67.3 Å². The van der Waals surface area contributed by atoms with Crippen molar-refractivity contribution in [2.24, 2.45) is 11.8 Å². The van der Waals surface area contributed by atoms with Crippen molar-refractivity contribution < 1.29 is 14.3 Å². The van der Waals surface area contributed by atoms with E-state index in [-0.39, 0.29) is 23.3 Å². The van der Waals surface area contributed by atoms with E-state index in [0.717, 1.165) is 71.1 Å².